The molecule has 0 atom stereocenters. The Morgan fingerprint density at radius 2 is 1.91 bits per heavy atom. The van der Waals surface area contributed by atoms with E-state index in [0.717, 1.165) is 44.0 Å². The summed E-state index contributed by atoms with van der Waals surface area (Å²) < 4.78 is 38.7. The molecule has 0 aliphatic carbocycles. The average molecular weight is 456 g/mol. The van der Waals surface area contributed by atoms with Crippen molar-refractivity contribution in [2.45, 2.75) is 6.92 Å². The molecule has 33 heavy (non-hydrogen) atoms. The zero-order valence-corrected chi connectivity index (χ0v) is 18.8. The van der Waals surface area contributed by atoms with Gasteiger partial charge in [0.25, 0.3) is 0 Å². The molecule has 1 aliphatic rings. The number of rotatable bonds is 6. The van der Waals surface area contributed by atoms with Crippen LogP contribution in [0.5, 0.6) is 5.75 Å². The van der Waals surface area contributed by atoms with Crippen LogP contribution < -0.4 is 15.0 Å². The van der Waals surface area contributed by atoms with Crippen molar-refractivity contribution in [1.82, 2.24) is 9.88 Å². The van der Waals surface area contributed by atoms with Crippen molar-refractivity contribution >= 4 is 33.9 Å². The summed E-state index contributed by atoms with van der Waals surface area (Å²) in [4.78, 5) is 21.6. The van der Waals surface area contributed by atoms with Crippen molar-refractivity contribution in [1.29, 1.82) is 0 Å². The van der Waals surface area contributed by atoms with E-state index in [4.69, 9.17) is 9.47 Å². The number of fused-ring (bicyclic) bond motifs is 1. The second-order valence-electron chi connectivity index (χ2n) is 7.85. The van der Waals surface area contributed by atoms with Gasteiger partial charge in [-0.05, 0) is 32.2 Å². The van der Waals surface area contributed by atoms with Gasteiger partial charge in [0.2, 0.25) is 0 Å². The molecule has 1 fully saturated rings. The summed E-state index contributed by atoms with van der Waals surface area (Å²) in [6.45, 7) is 5.28. The van der Waals surface area contributed by atoms with Crippen LogP contribution in [0.15, 0.2) is 36.5 Å². The molecule has 1 N–H and O–H groups in total. The van der Waals surface area contributed by atoms with Crippen LogP contribution in [-0.4, -0.2) is 62.8 Å². The molecule has 2 heterocycles. The lowest BCUT2D eigenvalue weighted by atomic mass is 10.1. The van der Waals surface area contributed by atoms with Gasteiger partial charge in [0.05, 0.1) is 36.3 Å². The summed E-state index contributed by atoms with van der Waals surface area (Å²) in [5.41, 5.74) is 1.93. The molecule has 7 nitrogen and oxygen atoms in total. The summed E-state index contributed by atoms with van der Waals surface area (Å²) >= 11 is 0. The van der Waals surface area contributed by atoms with Crippen LogP contribution in [0.2, 0.25) is 0 Å². The fourth-order valence-electron chi connectivity index (χ4n) is 3.89. The molecule has 1 aliphatic heterocycles. The molecule has 1 aromatic heterocycles. The first kappa shape index (κ1) is 22.7. The van der Waals surface area contributed by atoms with Gasteiger partial charge < -0.3 is 24.6 Å². The highest BCUT2D eigenvalue weighted by Crippen LogP contribution is 2.38. The largest absolute Gasteiger partial charge is 0.495 e. The molecular formula is C24H26F2N4O3. The van der Waals surface area contributed by atoms with E-state index in [1.54, 1.807) is 20.1 Å². The number of pyridine rings is 1. The molecule has 0 bridgehead atoms. The predicted octanol–water partition coefficient (Wildman–Crippen LogP) is 4.19. The van der Waals surface area contributed by atoms with Gasteiger partial charge in [-0.3, -0.25) is 4.98 Å². The number of likely N-dealkylation sites (N-methyl/N-ethyl adjacent to an activating group) is 1. The number of anilines is 3. The number of carbonyl (C=O) groups excluding carboxylic acids is 1. The highest BCUT2D eigenvalue weighted by molar-refractivity contribution is 6.07. The van der Waals surface area contributed by atoms with Crippen molar-refractivity contribution in [2.24, 2.45) is 0 Å². The van der Waals surface area contributed by atoms with E-state index in [1.165, 1.54) is 12.3 Å². The van der Waals surface area contributed by atoms with Gasteiger partial charge in [0.1, 0.15) is 22.9 Å². The molecule has 0 unspecified atom stereocenters. The number of hydrogen-bond donors (Lipinski definition) is 1. The average Bonchev–Trinajstić information content (AvgIpc) is 2.80. The lowest BCUT2D eigenvalue weighted by Gasteiger charge is -2.35. The SMILES string of the molecule is CCOC(=O)c1cnc2cc(OC)c(N3CCN(C)CC3)cc2c1Nc1ccc(F)cc1F. The number of piperazine rings is 1. The van der Waals surface area contributed by atoms with E-state index >= 15 is 0 Å². The normalized spacial score (nSPS) is 14.4. The predicted molar refractivity (Wildman–Crippen MR) is 124 cm³/mol. The van der Waals surface area contributed by atoms with Crippen molar-refractivity contribution in [3.8, 4) is 5.75 Å². The van der Waals surface area contributed by atoms with Gasteiger partial charge in [-0.1, -0.05) is 0 Å². The number of benzene rings is 2. The monoisotopic (exact) mass is 456 g/mol. The summed E-state index contributed by atoms with van der Waals surface area (Å²) in [7, 11) is 3.67. The second-order valence-corrected chi connectivity index (χ2v) is 7.85. The molecule has 0 saturated carbocycles. The molecule has 4 rings (SSSR count). The second kappa shape index (κ2) is 9.58. The van der Waals surface area contributed by atoms with E-state index in [-0.39, 0.29) is 17.9 Å². The Labute approximate surface area is 190 Å². The van der Waals surface area contributed by atoms with E-state index in [9.17, 15) is 13.6 Å². The molecule has 0 spiro atoms. The first-order valence-electron chi connectivity index (χ1n) is 10.7. The third-order valence-electron chi connectivity index (χ3n) is 5.70. The molecule has 0 amide bonds. The molecule has 0 radical (unpaired) electrons. The maximum atomic E-state index is 14.5. The summed E-state index contributed by atoms with van der Waals surface area (Å²) in [5.74, 6) is -1.40. The lowest BCUT2D eigenvalue weighted by Crippen LogP contribution is -2.44. The Kier molecular flexibility index (Phi) is 6.60. The minimum atomic E-state index is -0.775. The fourth-order valence-corrected chi connectivity index (χ4v) is 3.89. The molecule has 1 saturated heterocycles. The van der Waals surface area contributed by atoms with Crippen molar-refractivity contribution in [3.05, 3.63) is 53.7 Å². The fraction of sp³-hybridized carbons (Fsp3) is 0.333. The van der Waals surface area contributed by atoms with Crippen molar-refractivity contribution < 1.29 is 23.0 Å². The lowest BCUT2D eigenvalue weighted by molar-refractivity contribution is 0.0527. The van der Waals surface area contributed by atoms with Crippen molar-refractivity contribution in [2.75, 3.05) is 57.2 Å². The molecule has 174 valence electrons. The van der Waals surface area contributed by atoms with E-state index in [1.807, 2.05) is 6.07 Å². The number of aromatic nitrogens is 1. The van der Waals surface area contributed by atoms with Crippen LogP contribution in [0.25, 0.3) is 10.9 Å². The number of esters is 1. The van der Waals surface area contributed by atoms with Crippen LogP contribution in [0.3, 0.4) is 0 Å². The standard InChI is InChI=1S/C24H26F2N4O3/c1-4-33-24(31)17-14-27-20-13-22(32-3)21(30-9-7-29(2)8-10-30)12-16(20)23(17)28-19-6-5-15(25)11-18(19)26/h5-6,11-14H,4,7-10H2,1-3H3,(H,27,28). The minimum absolute atomic E-state index is 0.0337. The Morgan fingerprint density at radius 3 is 2.58 bits per heavy atom. The number of hydrogen-bond acceptors (Lipinski definition) is 7. The minimum Gasteiger partial charge on any atom is -0.495 e. The van der Waals surface area contributed by atoms with Crippen LogP contribution in [0.4, 0.5) is 25.8 Å². The first-order valence-corrected chi connectivity index (χ1v) is 10.7. The third kappa shape index (κ3) is 4.68. The zero-order valence-electron chi connectivity index (χ0n) is 18.8. The summed E-state index contributed by atoms with van der Waals surface area (Å²) in [6, 6.07) is 6.91. The Balaban J connectivity index is 1.89. The van der Waals surface area contributed by atoms with Gasteiger partial charge in [-0.2, -0.15) is 0 Å². The van der Waals surface area contributed by atoms with E-state index in [0.29, 0.717) is 22.3 Å². The topological polar surface area (TPSA) is 66.9 Å². The third-order valence-corrected chi connectivity index (χ3v) is 5.70. The van der Waals surface area contributed by atoms with E-state index in [2.05, 4.69) is 27.1 Å². The van der Waals surface area contributed by atoms with Crippen LogP contribution >= 0.6 is 0 Å². The number of nitrogens with zero attached hydrogens (tertiary/aromatic N) is 3. The Hall–Kier alpha value is -3.46. The smallest absolute Gasteiger partial charge is 0.341 e. The summed E-state index contributed by atoms with van der Waals surface area (Å²) in [6.07, 6.45) is 1.39. The number of nitrogens with one attached hydrogen (secondary N) is 1. The zero-order chi connectivity index (χ0) is 23.5. The maximum Gasteiger partial charge on any atom is 0.341 e. The van der Waals surface area contributed by atoms with Gasteiger partial charge in [-0.15, -0.1) is 0 Å². The molecule has 3 aromatic rings. The number of methoxy groups -OCH3 is 1. The van der Waals surface area contributed by atoms with E-state index < -0.39 is 17.6 Å². The molecular weight excluding hydrogens is 430 g/mol. The number of carbonyl (C=O) groups is 1. The van der Waals surface area contributed by atoms with Gasteiger partial charge in [-0.25, -0.2) is 13.6 Å². The molecule has 2 aromatic carbocycles. The van der Waals surface area contributed by atoms with Crippen LogP contribution in [-0.2, 0) is 4.74 Å². The number of halogens is 2. The van der Waals surface area contributed by atoms with Gasteiger partial charge >= 0.3 is 5.97 Å². The summed E-state index contributed by atoms with van der Waals surface area (Å²) in [5, 5.41) is 3.57. The quantitative estimate of drug-likeness (QED) is 0.558. The number of ether oxygens (including phenoxy) is 2. The van der Waals surface area contributed by atoms with Crippen LogP contribution in [0.1, 0.15) is 17.3 Å². The maximum absolute atomic E-state index is 14.5. The highest BCUT2D eigenvalue weighted by Gasteiger charge is 2.23. The van der Waals surface area contributed by atoms with Gasteiger partial charge in [0.15, 0.2) is 0 Å². The highest BCUT2D eigenvalue weighted by atomic mass is 19.1. The Bertz CT molecular complexity index is 1180. The van der Waals surface area contributed by atoms with Crippen molar-refractivity contribution in [3.63, 3.8) is 0 Å². The molecule has 9 heteroatoms. The van der Waals surface area contributed by atoms with Crippen LogP contribution in [0, 0.1) is 11.6 Å². The first-order chi connectivity index (χ1) is 15.9. The Morgan fingerprint density at radius 1 is 1.15 bits per heavy atom. The van der Waals surface area contributed by atoms with Gasteiger partial charge in [0, 0.05) is 49.9 Å².